The molecule has 0 spiro atoms. The zero-order valence-electron chi connectivity index (χ0n) is 11.2. The smallest absolute Gasteiger partial charge is 0.308 e. The highest BCUT2D eigenvalue weighted by Crippen LogP contribution is 2.21. The Morgan fingerprint density at radius 3 is 2.60 bits per heavy atom. The largest absolute Gasteiger partial charge is 0.481 e. The Morgan fingerprint density at radius 2 is 2.05 bits per heavy atom. The second-order valence-corrected chi connectivity index (χ2v) is 5.23. The summed E-state index contributed by atoms with van der Waals surface area (Å²) in [6.07, 6.45) is -0.305. The van der Waals surface area contributed by atoms with Crippen molar-refractivity contribution in [2.24, 2.45) is 0 Å². The second kappa shape index (κ2) is 5.54. The van der Waals surface area contributed by atoms with Gasteiger partial charge in [-0.1, -0.05) is 37.6 Å². The average molecular weight is 295 g/mol. The third-order valence-electron chi connectivity index (χ3n) is 3.02. The molecule has 0 bridgehead atoms. The molecule has 0 amide bonds. The molecule has 0 atom stereocenters. The van der Waals surface area contributed by atoms with Crippen LogP contribution in [0.2, 0.25) is 5.02 Å². The monoisotopic (exact) mass is 294 g/mol. The maximum absolute atomic E-state index is 12.4. The van der Waals surface area contributed by atoms with E-state index >= 15 is 0 Å². The van der Waals surface area contributed by atoms with Crippen molar-refractivity contribution in [3.8, 4) is 5.69 Å². The molecule has 0 saturated heterocycles. The Morgan fingerprint density at radius 1 is 1.40 bits per heavy atom. The van der Waals surface area contributed by atoms with Gasteiger partial charge in [-0.2, -0.15) is 0 Å². The molecule has 1 aromatic carbocycles. The molecule has 1 heterocycles. The number of hydrogen-bond acceptors (Lipinski definition) is 2. The first-order chi connectivity index (χ1) is 9.41. The first-order valence-corrected chi connectivity index (χ1v) is 6.60. The standard InChI is InChI=1S/C14H15ClN2O3/c1-8(2)13-9(7-12(18)19)14(20)17(16-13)11-6-4-3-5-10(11)15/h3-6,8,16H,7H2,1-2H3,(H,18,19). The van der Waals surface area contributed by atoms with Crippen LogP contribution in [0.5, 0.6) is 0 Å². The van der Waals surface area contributed by atoms with Crippen molar-refractivity contribution in [3.63, 3.8) is 0 Å². The van der Waals surface area contributed by atoms with Crippen LogP contribution >= 0.6 is 11.6 Å². The molecule has 2 aromatic rings. The van der Waals surface area contributed by atoms with Crippen molar-refractivity contribution in [3.05, 3.63) is 50.9 Å². The molecular formula is C14H15ClN2O3. The van der Waals surface area contributed by atoms with Crippen LogP contribution in [0.25, 0.3) is 5.69 Å². The molecule has 0 aliphatic rings. The van der Waals surface area contributed by atoms with Gasteiger partial charge in [-0.05, 0) is 18.1 Å². The molecule has 106 valence electrons. The second-order valence-electron chi connectivity index (χ2n) is 4.82. The van der Waals surface area contributed by atoms with Crippen LogP contribution < -0.4 is 5.56 Å². The zero-order chi connectivity index (χ0) is 14.9. The Kier molecular flexibility index (Phi) is 3.99. The van der Waals surface area contributed by atoms with Crippen molar-refractivity contribution in [2.75, 3.05) is 0 Å². The van der Waals surface area contributed by atoms with Crippen molar-refractivity contribution < 1.29 is 9.90 Å². The third-order valence-corrected chi connectivity index (χ3v) is 3.34. The number of aromatic amines is 1. The number of carboxylic acid groups (broad SMARTS) is 1. The number of aromatic nitrogens is 2. The number of aliphatic carboxylic acids is 1. The molecule has 0 fully saturated rings. The molecule has 20 heavy (non-hydrogen) atoms. The minimum absolute atomic E-state index is 0.0146. The molecule has 2 N–H and O–H groups in total. The van der Waals surface area contributed by atoms with E-state index in [1.54, 1.807) is 24.3 Å². The Labute approximate surface area is 120 Å². The fourth-order valence-electron chi connectivity index (χ4n) is 2.09. The first-order valence-electron chi connectivity index (χ1n) is 6.22. The minimum atomic E-state index is -1.03. The predicted molar refractivity (Wildman–Crippen MR) is 76.8 cm³/mol. The van der Waals surface area contributed by atoms with E-state index in [0.29, 0.717) is 16.4 Å². The SMILES string of the molecule is CC(C)c1[nH]n(-c2ccccc2Cl)c(=O)c1CC(=O)O. The molecule has 1 aromatic heterocycles. The van der Waals surface area contributed by atoms with Crippen LogP contribution in [-0.4, -0.2) is 20.9 Å². The summed E-state index contributed by atoms with van der Waals surface area (Å²) >= 11 is 6.08. The van der Waals surface area contributed by atoms with Crippen molar-refractivity contribution >= 4 is 17.6 Å². The van der Waals surface area contributed by atoms with Gasteiger partial charge in [0.05, 0.1) is 22.7 Å². The van der Waals surface area contributed by atoms with E-state index in [4.69, 9.17) is 16.7 Å². The van der Waals surface area contributed by atoms with E-state index in [1.807, 2.05) is 13.8 Å². The number of nitrogens with one attached hydrogen (secondary N) is 1. The van der Waals surface area contributed by atoms with Crippen molar-refractivity contribution in [1.29, 1.82) is 0 Å². The molecule has 0 saturated carbocycles. The van der Waals surface area contributed by atoms with Crippen LogP contribution in [0.3, 0.4) is 0 Å². The Hall–Kier alpha value is -2.01. The normalized spacial score (nSPS) is 11.0. The molecule has 2 rings (SSSR count). The molecule has 0 unspecified atom stereocenters. The highest BCUT2D eigenvalue weighted by Gasteiger charge is 2.20. The third kappa shape index (κ3) is 2.63. The average Bonchev–Trinajstić information content (AvgIpc) is 2.68. The van der Waals surface area contributed by atoms with Crippen LogP contribution in [0.15, 0.2) is 29.1 Å². The zero-order valence-corrected chi connectivity index (χ0v) is 11.9. The van der Waals surface area contributed by atoms with Crippen LogP contribution in [0, 0.1) is 0 Å². The van der Waals surface area contributed by atoms with Gasteiger partial charge in [-0.15, -0.1) is 0 Å². The number of carbonyl (C=O) groups is 1. The lowest BCUT2D eigenvalue weighted by Crippen LogP contribution is -2.19. The van der Waals surface area contributed by atoms with Gasteiger partial charge in [0.25, 0.3) is 5.56 Å². The Balaban J connectivity index is 2.65. The fourth-order valence-corrected chi connectivity index (χ4v) is 2.31. The van der Waals surface area contributed by atoms with Gasteiger partial charge in [0.15, 0.2) is 0 Å². The van der Waals surface area contributed by atoms with Gasteiger partial charge in [-0.3, -0.25) is 14.7 Å². The summed E-state index contributed by atoms with van der Waals surface area (Å²) in [5, 5.41) is 12.3. The molecule has 5 nitrogen and oxygen atoms in total. The maximum Gasteiger partial charge on any atom is 0.308 e. The number of carboxylic acids is 1. The van der Waals surface area contributed by atoms with Gasteiger partial charge in [0.1, 0.15) is 0 Å². The van der Waals surface area contributed by atoms with Crippen LogP contribution in [0.1, 0.15) is 31.0 Å². The van der Waals surface area contributed by atoms with E-state index in [1.165, 1.54) is 4.68 Å². The molecule has 0 aliphatic heterocycles. The predicted octanol–water partition coefficient (Wildman–Crippen LogP) is 2.57. The summed E-state index contributed by atoms with van der Waals surface area (Å²) < 4.78 is 1.30. The molecule has 0 radical (unpaired) electrons. The number of nitrogens with zero attached hydrogens (tertiary/aromatic N) is 1. The number of halogens is 1. The summed E-state index contributed by atoms with van der Waals surface area (Å²) in [5.41, 5.74) is 1.03. The summed E-state index contributed by atoms with van der Waals surface area (Å²) in [5.74, 6) is -1.02. The summed E-state index contributed by atoms with van der Waals surface area (Å²) in [7, 11) is 0. The van der Waals surface area contributed by atoms with Crippen LogP contribution in [-0.2, 0) is 11.2 Å². The van der Waals surface area contributed by atoms with Crippen molar-refractivity contribution in [2.45, 2.75) is 26.2 Å². The number of para-hydroxylation sites is 1. The van der Waals surface area contributed by atoms with E-state index in [0.717, 1.165) is 0 Å². The Bertz CT molecular complexity index is 701. The van der Waals surface area contributed by atoms with Gasteiger partial charge >= 0.3 is 5.97 Å². The quantitative estimate of drug-likeness (QED) is 0.910. The van der Waals surface area contributed by atoms with Gasteiger partial charge < -0.3 is 5.11 Å². The van der Waals surface area contributed by atoms with E-state index in [-0.39, 0.29) is 23.5 Å². The maximum atomic E-state index is 12.4. The molecule has 6 heteroatoms. The number of rotatable bonds is 4. The van der Waals surface area contributed by atoms with Crippen LogP contribution in [0.4, 0.5) is 0 Å². The summed E-state index contributed by atoms with van der Waals surface area (Å²) in [6, 6.07) is 6.91. The minimum Gasteiger partial charge on any atom is -0.481 e. The van der Waals surface area contributed by atoms with E-state index in [2.05, 4.69) is 5.10 Å². The number of hydrogen-bond donors (Lipinski definition) is 2. The topological polar surface area (TPSA) is 75.1 Å². The first kappa shape index (κ1) is 14.4. The highest BCUT2D eigenvalue weighted by atomic mass is 35.5. The molecular weight excluding hydrogens is 280 g/mol. The lowest BCUT2D eigenvalue weighted by molar-refractivity contribution is -0.136. The van der Waals surface area contributed by atoms with Gasteiger partial charge in [0, 0.05) is 5.69 Å². The highest BCUT2D eigenvalue weighted by molar-refractivity contribution is 6.32. The number of H-pyrrole nitrogens is 1. The van der Waals surface area contributed by atoms with E-state index < -0.39 is 5.97 Å². The molecule has 0 aliphatic carbocycles. The van der Waals surface area contributed by atoms with Crippen molar-refractivity contribution in [1.82, 2.24) is 9.78 Å². The lowest BCUT2D eigenvalue weighted by atomic mass is 10.0. The van der Waals surface area contributed by atoms with E-state index in [9.17, 15) is 9.59 Å². The summed E-state index contributed by atoms with van der Waals surface area (Å²) in [4.78, 5) is 23.3. The summed E-state index contributed by atoms with van der Waals surface area (Å²) in [6.45, 7) is 3.79. The fraction of sp³-hybridized carbons (Fsp3) is 0.286. The van der Waals surface area contributed by atoms with Gasteiger partial charge in [0.2, 0.25) is 0 Å². The lowest BCUT2D eigenvalue weighted by Gasteiger charge is -2.05. The van der Waals surface area contributed by atoms with Gasteiger partial charge in [-0.25, -0.2) is 4.68 Å². The number of benzene rings is 1.